The Balaban J connectivity index is 3.04. The smallest absolute Gasteiger partial charge is 0.326 e. The minimum absolute atomic E-state index is 0.188. The number of hydrogen-bond donors (Lipinski definition) is 3. The molecule has 0 aromatic heterocycles. The predicted molar refractivity (Wildman–Crippen MR) is 61.7 cm³/mol. The summed E-state index contributed by atoms with van der Waals surface area (Å²) in [4.78, 5) is 21.8. The third-order valence-corrected chi connectivity index (χ3v) is 2.36. The van der Waals surface area contributed by atoms with E-state index in [2.05, 4.69) is 5.32 Å². The van der Waals surface area contributed by atoms with Gasteiger partial charge in [0.15, 0.2) is 11.6 Å². The maximum Gasteiger partial charge on any atom is 0.326 e. The zero-order chi connectivity index (χ0) is 14.6. The number of carbonyl (C=O) groups is 2. The van der Waals surface area contributed by atoms with Crippen LogP contribution in [0.5, 0.6) is 5.75 Å². The molecule has 1 unspecified atom stereocenters. The summed E-state index contributed by atoms with van der Waals surface area (Å²) in [7, 11) is 0. The van der Waals surface area contributed by atoms with Crippen LogP contribution in [0.4, 0.5) is 4.39 Å². The number of carbonyl (C=O) groups excluding carboxylic acids is 1. The third-order valence-electron chi connectivity index (χ3n) is 2.36. The molecule has 1 aromatic rings. The molecule has 1 rings (SSSR count). The lowest BCUT2D eigenvalue weighted by molar-refractivity contribution is -0.141. The van der Waals surface area contributed by atoms with Gasteiger partial charge in [-0.2, -0.15) is 5.26 Å². The van der Waals surface area contributed by atoms with Crippen molar-refractivity contribution in [3.05, 3.63) is 29.1 Å². The van der Waals surface area contributed by atoms with Crippen LogP contribution in [0.15, 0.2) is 12.1 Å². The predicted octanol–water partition coefficient (Wildman–Crippen LogP) is 0.535. The first-order chi connectivity index (χ1) is 8.85. The van der Waals surface area contributed by atoms with Crippen LogP contribution in [0.3, 0.4) is 0 Å². The van der Waals surface area contributed by atoms with E-state index >= 15 is 0 Å². The van der Waals surface area contributed by atoms with Crippen LogP contribution in [0, 0.1) is 17.1 Å². The molecular weight excluding hydrogens is 255 g/mol. The molecule has 0 bridgehead atoms. The lowest BCUT2D eigenvalue weighted by Crippen LogP contribution is -2.41. The average molecular weight is 266 g/mol. The number of aromatic hydroxyl groups is 1. The SMILES string of the molecule is CC(=O)NC(Cc1cc(F)c(O)c(C#N)c1)C(=O)O. The summed E-state index contributed by atoms with van der Waals surface area (Å²) < 4.78 is 13.3. The maximum absolute atomic E-state index is 13.3. The molecule has 0 aliphatic rings. The number of nitrogens with one attached hydrogen (secondary N) is 1. The van der Waals surface area contributed by atoms with Gasteiger partial charge in [0.05, 0.1) is 5.56 Å². The Morgan fingerprint density at radius 3 is 2.63 bits per heavy atom. The highest BCUT2D eigenvalue weighted by Gasteiger charge is 2.20. The quantitative estimate of drug-likeness (QED) is 0.736. The number of aliphatic carboxylic acids is 1. The van der Waals surface area contributed by atoms with Crippen LogP contribution in [0.2, 0.25) is 0 Å². The molecule has 0 fully saturated rings. The number of amides is 1. The summed E-state index contributed by atoms with van der Waals surface area (Å²) in [5.74, 6) is -3.60. The van der Waals surface area contributed by atoms with Crippen LogP contribution in [-0.2, 0) is 16.0 Å². The van der Waals surface area contributed by atoms with E-state index in [-0.39, 0.29) is 17.5 Å². The summed E-state index contributed by atoms with van der Waals surface area (Å²) in [6.07, 6.45) is -0.194. The topological polar surface area (TPSA) is 110 Å². The Morgan fingerprint density at radius 2 is 2.16 bits per heavy atom. The van der Waals surface area contributed by atoms with Crippen LogP contribution in [0.1, 0.15) is 18.1 Å². The van der Waals surface area contributed by atoms with Gasteiger partial charge in [-0.3, -0.25) is 4.79 Å². The third kappa shape index (κ3) is 3.67. The van der Waals surface area contributed by atoms with E-state index in [0.717, 1.165) is 13.0 Å². The van der Waals surface area contributed by atoms with Crippen molar-refractivity contribution in [2.24, 2.45) is 0 Å². The van der Waals surface area contributed by atoms with Crippen LogP contribution >= 0.6 is 0 Å². The fourth-order valence-corrected chi connectivity index (χ4v) is 1.54. The van der Waals surface area contributed by atoms with Gasteiger partial charge >= 0.3 is 5.97 Å². The normalized spacial score (nSPS) is 11.4. The number of hydrogen-bond acceptors (Lipinski definition) is 4. The van der Waals surface area contributed by atoms with E-state index in [0.29, 0.717) is 0 Å². The van der Waals surface area contributed by atoms with E-state index in [1.54, 1.807) is 6.07 Å². The Morgan fingerprint density at radius 1 is 1.53 bits per heavy atom. The number of nitrogens with zero attached hydrogens (tertiary/aromatic N) is 1. The van der Waals surface area contributed by atoms with Crippen molar-refractivity contribution >= 4 is 11.9 Å². The van der Waals surface area contributed by atoms with Gasteiger partial charge in [-0.15, -0.1) is 0 Å². The van der Waals surface area contributed by atoms with Crippen molar-refractivity contribution in [1.29, 1.82) is 5.26 Å². The first-order valence-corrected chi connectivity index (χ1v) is 5.26. The Bertz CT molecular complexity index is 566. The van der Waals surface area contributed by atoms with Crippen LogP contribution in [-0.4, -0.2) is 28.1 Å². The van der Waals surface area contributed by atoms with Gasteiger partial charge in [0.25, 0.3) is 0 Å². The minimum atomic E-state index is -1.28. The molecule has 1 atom stereocenters. The van der Waals surface area contributed by atoms with Crippen molar-refractivity contribution in [1.82, 2.24) is 5.32 Å². The van der Waals surface area contributed by atoms with E-state index < -0.39 is 29.5 Å². The summed E-state index contributed by atoms with van der Waals surface area (Å²) in [5, 5.41) is 29.0. The molecule has 0 radical (unpaired) electrons. The summed E-state index contributed by atoms with van der Waals surface area (Å²) >= 11 is 0. The number of carboxylic acid groups (broad SMARTS) is 1. The molecular formula is C12H11FN2O4. The lowest BCUT2D eigenvalue weighted by Gasteiger charge is -2.13. The molecule has 0 saturated heterocycles. The van der Waals surface area contributed by atoms with E-state index in [4.69, 9.17) is 10.4 Å². The molecule has 19 heavy (non-hydrogen) atoms. The second kappa shape index (κ2) is 5.82. The van der Waals surface area contributed by atoms with Gasteiger partial charge in [0.2, 0.25) is 5.91 Å². The largest absolute Gasteiger partial charge is 0.504 e. The monoisotopic (exact) mass is 266 g/mol. The highest BCUT2D eigenvalue weighted by molar-refractivity contribution is 5.82. The van der Waals surface area contributed by atoms with Gasteiger partial charge in [-0.25, -0.2) is 9.18 Å². The molecule has 100 valence electrons. The summed E-state index contributed by atoms with van der Waals surface area (Å²) in [5.41, 5.74) is -0.102. The highest BCUT2D eigenvalue weighted by Crippen LogP contribution is 2.23. The van der Waals surface area contributed by atoms with Crippen molar-refractivity contribution in [3.63, 3.8) is 0 Å². The molecule has 0 aliphatic carbocycles. The van der Waals surface area contributed by atoms with Crippen LogP contribution < -0.4 is 5.32 Å². The molecule has 3 N–H and O–H groups in total. The Kier molecular flexibility index (Phi) is 4.42. The van der Waals surface area contributed by atoms with Crippen molar-refractivity contribution < 1.29 is 24.2 Å². The molecule has 1 amide bonds. The van der Waals surface area contributed by atoms with E-state index in [9.17, 15) is 19.1 Å². The van der Waals surface area contributed by atoms with Crippen molar-refractivity contribution in [2.75, 3.05) is 0 Å². The molecule has 0 spiro atoms. The molecule has 7 heteroatoms. The first-order valence-electron chi connectivity index (χ1n) is 5.26. The van der Waals surface area contributed by atoms with Gasteiger partial charge in [-0.05, 0) is 17.7 Å². The van der Waals surface area contributed by atoms with Gasteiger partial charge in [0.1, 0.15) is 12.1 Å². The molecule has 0 aliphatic heterocycles. The maximum atomic E-state index is 13.3. The molecule has 0 heterocycles. The van der Waals surface area contributed by atoms with E-state index in [1.165, 1.54) is 6.07 Å². The fraction of sp³-hybridized carbons (Fsp3) is 0.250. The van der Waals surface area contributed by atoms with E-state index in [1.807, 2.05) is 0 Å². The number of halogens is 1. The van der Waals surface area contributed by atoms with Crippen molar-refractivity contribution in [3.8, 4) is 11.8 Å². The zero-order valence-corrected chi connectivity index (χ0v) is 9.98. The van der Waals surface area contributed by atoms with Gasteiger partial charge < -0.3 is 15.5 Å². The summed E-state index contributed by atoms with van der Waals surface area (Å²) in [6.45, 7) is 1.16. The lowest BCUT2D eigenvalue weighted by atomic mass is 10.0. The number of rotatable bonds is 4. The second-order valence-corrected chi connectivity index (χ2v) is 3.88. The fourth-order valence-electron chi connectivity index (χ4n) is 1.54. The first kappa shape index (κ1) is 14.4. The average Bonchev–Trinajstić information content (AvgIpc) is 2.31. The molecule has 1 aromatic carbocycles. The number of phenols is 1. The second-order valence-electron chi connectivity index (χ2n) is 3.88. The number of nitriles is 1. The molecule has 6 nitrogen and oxygen atoms in total. The number of phenolic OH excluding ortho intramolecular Hbond substituents is 1. The zero-order valence-electron chi connectivity index (χ0n) is 9.98. The molecule has 0 saturated carbocycles. The Hall–Kier alpha value is -2.62. The number of benzene rings is 1. The van der Waals surface area contributed by atoms with Gasteiger partial charge in [0, 0.05) is 13.3 Å². The minimum Gasteiger partial charge on any atom is -0.504 e. The van der Waals surface area contributed by atoms with Crippen LogP contribution in [0.25, 0.3) is 0 Å². The standard InChI is InChI=1S/C12H11FN2O4/c1-6(16)15-10(12(18)19)4-7-2-8(5-14)11(17)9(13)3-7/h2-3,10,17H,4H2,1H3,(H,15,16)(H,18,19). The summed E-state index contributed by atoms with van der Waals surface area (Å²) in [6, 6.07) is 2.47. The van der Waals surface area contributed by atoms with Gasteiger partial charge in [-0.1, -0.05) is 0 Å². The highest BCUT2D eigenvalue weighted by atomic mass is 19.1. The van der Waals surface area contributed by atoms with Crippen molar-refractivity contribution in [2.45, 2.75) is 19.4 Å². The Labute approximate surface area is 108 Å². The number of carboxylic acids is 1.